The molecule has 1 aromatic rings. The van der Waals surface area contributed by atoms with Crippen LogP contribution in [0, 0.1) is 10.1 Å². The first-order valence-electron chi connectivity index (χ1n) is 5.09. The van der Waals surface area contributed by atoms with Gasteiger partial charge < -0.3 is 5.11 Å². The van der Waals surface area contributed by atoms with Gasteiger partial charge in [0.25, 0.3) is 15.7 Å². The molecule has 98 valence electrons. The number of rotatable bonds is 5. The monoisotopic (exact) mass is 272 g/mol. The molecule has 1 rings (SSSR count). The molecule has 0 fully saturated rings. The Balaban J connectivity index is 3.38. The molecule has 0 heterocycles. The van der Waals surface area contributed by atoms with Gasteiger partial charge in [0.1, 0.15) is 0 Å². The summed E-state index contributed by atoms with van der Waals surface area (Å²) in [4.78, 5) is 9.47. The van der Waals surface area contributed by atoms with Gasteiger partial charge in [0, 0.05) is 6.07 Å². The Bertz CT molecular complexity index is 574. The first-order chi connectivity index (χ1) is 8.42. The van der Waals surface area contributed by atoms with Crippen LogP contribution in [-0.4, -0.2) is 30.8 Å². The highest BCUT2D eigenvalue weighted by Crippen LogP contribution is 2.24. The average Bonchev–Trinajstić information content (AvgIpc) is 2.36. The molecule has 0 aromatic heterocycles. The third-order valence-electron chi connectivity index (χ3n) is 2.18. The number of hydrogen-bond donors (Lipinski definition) is 1. The highest BCUT2D eigenvalue weighted by atomic mass is 32.2. The second-order valence-corrected chi connectivity index (χ2v) is 4.94. The molecule has 0 bridgehead atoms. The number of aliphatic hydroxyl groups excluding tert-OH is 1. The van der Waals surface area contributed by atoms with E-state index >= 15 is 0 Å². The molecule has 0 saturated carbocycles. The lowest BCUT2D eigenvalue weighted by molar-refractivity contribution is -0.387. The van der Waals surface area contributed by atoms with Crippen LogP contribution < -0.4 is 0 Å². The van der Waals surface area contributed by atoms with Gasteiger partial charge >= 0.3 is 0 Å². The maximum Gasteiger partial charge on any atom is 0.289 e. The summed E-state index contributed by atoms with van der Waals surface area (Å²) in [5.41, 5.74) is -0.484. The first-order valence-corrected chi connectivity index (χ1v) is 6.53. The van der Waals surface area contributed by atoms with Gasteiger partial charge in [-0.3, -0.25) is 10.1 Å². The maximum atomic E-state index is 11.9. The average molecular weight is 272 g/mol. The van der Waals surface area contributed by atoms with E-state index in [1.54, 1.807) is 6.92 Å². The lowest BCUT2D eigenvalue weighted by atomic mass is 10.3. The summed E-state index contributed by atoms with van der Waals surface area (Å²) < 4.78 is 27.2. The molecule has 0 atom stereocenters. The van der Waals surface area contributed by atoms with Crippen molar-refractivity contribution in [3.63, 3.8) is 0 Å². The Morgan fingerprint density at radius 3 is 2.56 bits per heavy atom. The van der Waals surface area contributed by atoms with Crippen molar-refractivity contribution in [1.29, 1.82) is 0 Å². The van der Waals surface area contributed by atoms with Crippen molar-refractivity contribution < 1.29 is 18.4 Å². The van der Waals surface area contributed by atoms with E-state index in [4.69, 9.17) is 5.11 Å². The smallest absolute Gasteiger partial charge is 0.289 e. The predicted octanol–water partition coefficient (Wildman–Crippen LogP) is 1.13. The molecule has 0 unspecified atom stereocenters. The minimum absolute atomic E-state index is 0.0492. The summed E-state index contributed by atoms with van der Waals surface area (Å²) in [6.07, 6.45) is 0.246. The van der Waals surface area contributed by atoms with E-state index in [1.165, 1.54) is 12.1 Å². The highest BCUT2D eigenvalue weighted by Gasteiger charge is 2.24. The number of benzene rings is 1. The zero-order valence-electron chi connectivity index (χ0n) is 9.61. The van der Waals surface area contributed by atoms with Gasteiger partial charge in [-0.2, -0.15) is 12.8 Å². The lowest BCUT2D eigenvalue weighted by Crippen LogP contribution is -2.09. The minimum atomic E-state index is -4.17. The Morgan fingerprint density at radius 1 is 1.44 bits per heavy atom. The van der Waals surface area contributed by atoms with Crippen molar-refractivity contribution in [2.24, 2.45) is 4.40 Å². The van der Waals surface area contributed by atoms with Crippen molar-refractivity contribution in [2.75, 3.05) is 6.61 Å². The van der Waals surface area contributed by atoms with Gasteiger partial charge in [0.05, 0.1) is 17.2 Å². The lowest BCUT2D eigenvalue weighted by Gasteiger charge is -2.02. The van der Waals surface area contributed by atoms with Crippen LogP contribution in [0.15, 0.2) is 33.6 Å². The van der Waals surface area contributed by atoms with E-state index in [2.05, 4.69) is 4.40 Å². The summed E-state index contributed by atoms with van der Waals surface area (Å²) >= 11 is 0. The fourth-order valence-electron chi connectivity index (χ4n) is 1.25. The van der Waals surface area contributed by atoms with Gasteiger partial charge in [0.2, 0.25) is 0 Å². The molecule has 0 amide bonds. The minimum Gasteiger partial charge on any atom is -0.390 e. The standard InChI is InChI=1S/C10H12N2O5S/c1-2-8(7-13)11-18(16,17)10-6-4-3-5-9(10)12(14)15/h3-6,13H,2,7H2,1H3/b11-8+. The largest absolute Gasteiger partial charge is 0.390 e. The second kappa shape index (κ2) is 5.69. The third kappa shape index (κ3) is 3.11. The van der Waals surface area contributed by atoms with E-state index in [-0.39, 0.29) is 12.1 Å². The van der Waals surface area contributed by atoms with Gasteiger partial charge in [-0.1, -0.05) is 19.1 Å². The summed E-state index contributed by atoms with van der Waals surface area (Å²) in [5, 5.41) is 19.6. The van der Waals surface area contributed by atoms with Crippen molar-refractivity contribution in [1.82, 2.24) is 0 Å². The molecule has 7 nitrogen and oxygen atoms in total. The molecule has 0 aliphatic carbocycles. The molecular weight excluding hydrogens is 260 g/mol. The molecule has 18 heavy (non-hydrogen) atoms. The van der Waals surface area contributed by atoms with Gasteiger partial charge in [-0.05, 0) is 12.5 Å². The predicted molar refractivity (Wildman–Crippen MR) is 65.1 cm³/mol. The fourth-order valence-corrected chi connectivity index (χ4v) is 2.53. The number of nitrogens with zero attached hydrogens (tertiary/aromatic N) is 2. The number of aliphatic hydroxyl groups is 1. The van der Waals surface area contributed by atoms with E-state index in [9.17, 15) is 18.5 Å². The normalized spacial score (nSPS) is 12.4. The highest BCUT2D eigenvalue weighted by molar-refractivity contribution is 7.90. The Morgan fingerprint density at radius 2 is 2.06 bits per heavy atom. The van der Waals surface area contributed by atoms with Crippen molar-refractivity contribution in [2.45, 2.75) is 18.2 Å². The SMILES string of the molecule is CC/C(CO)=N\S(=O)(=O)c1ccccc1[N+](=O)[O-]. The molecule has 1 aromatic carbocycles. The third-order valence-corrected chi connectivity index (χ3v) is 3.58. The van der Waals surface area contributed by atoms with E-state index in [0.29, 0.717) is 0 Å². The molecule has 0 radical (unpaired) electrons. The van der Waals surface area contributed by atoms with Crippen molar-refractivity contribution in [3.8, 4) is 0 Å². The maximum absolute atomic E-state index is 11.9. The van der Waals surface area contributed by atoms with Crippen LogP contribution in [0.2, 0.25) is 0 Å². The number of hydrogen-bond acceptors (Lipinski definition) is 5. The second-order valence-electron chi connectivity index (χ2n) is 3.37. The summed E-state index contributed by atoms with van der Waals surface area (Å²) in [6, 6.07) is 4.95. The van der Waals surface area contributed by atoms with Crippen molar-refractivity contribution >= 4 is 21.4 Å². The van der Waals surface area contributed by atoms with Crippen molar-refractivity contribution in [3.05, 3.63) is 34.4 Å². The molecule has 0 saturated heterocycles. The molecule has 8 heteroatoms. The van der Waals surface area contributed by atoms with Gasteiger partial charge in [-0.15, -0.1) is 0 Å². The van der Waals surface area contributed by atoms with Crippen LogP contribution >= 0.6 is 0 Å². The Kier molecular flexibility index (Phi) is 4.51. The van der Waals surface area contributed by atoms with E-state index < -0.39 is 32.1 Å². The van der Waals surface area contributed by atoms with Crippen LogP contribution in [0.1, 0.15) is 13.3 Å². The topological polar surface area (TPSA) is 110 Å². The zero-order chi connectivity index (χ0) is 13.8. The first kappa shape index (κ1) is 14.3. The fraction of sp³-hybridized carbons (Fsp3) is 0.300. The van der Waals surface area contributed by atoms with E-state index in [0.717, 1.165) is 12.1 Å². The molecule has 0 spiro atoms. The number of nitro benzene ring substituents is 1. The molecule has 0 aliphatic rings. The Labute approximate surface area is 104 Å². The van der Waals surface area contributed by atoms with Gasteiger partial charge in [-0.25, -0.2) is 0 Å². The van der Waals surface area contributed by atoms with Crippen LogP contribution in [-0.2, 0) is 10.0 Å². The molecule has 1 N–H and O–H groups in total. The number of nitro groups is 1. The van der Waals surface area contributed by atoms with Crippen LogP contribution in [0.3, 0.4) is 0 Å². The van der Waals surface area contributed by atoms with Crippen LogP contribution in [0.25, 0.3) is 0 Å². The summed E-state index contributed by atoms with van der Waals surface area (Å²) in [7, 11) is -4.17. The Hall–Kier alpha value is -1.80. The van der Waals surface area contributed by atoms with Gasteiger partial charge in [0.15, 0.2) is 4.90 Å². The zero-order valence-corrected chi connectivity index (χ0v) is 10.4. The van der Waals surface area contributed by atoms with E-state index in [1.807, 2.05) is 0 Å². The van der Waals surface area contributed by atoms with Crippen LogP contribution in [0.5, 0.6) is 0 Å². The summed E-state index contributed by atoms with van der Waals surface area (Å²) in [6.45, 7) is 1.13. The molecule has 0 aliphatic heterocycles. The summed E-state index contributed by atoms with van der Waals surface area (Å²) in [5.74, 6) is 0. The molecular formula is C10H12N2O5S. The van der Waals surface area contributed by atoms with Crippen LogP contribution in [0.4, 0.5) is 5.69 Å². The number of sulfonamides is 1. The number of para-hydroxylation sites is 1. The quantitative estimate of drug-likeness (QED) is 0.490.